The number of carbonyl (C=O) groups is 1. The fourth-order valence-corrected chi connectivity index (χ4v) is 2.36. The number of likely N-dealkylation sites (N-methyl/N-ethyl adjacent to an activating group) is 1. The minimum Gasteiger partial charge on any atom is -0.396 e. The van der Waals surface area contributed by atoms with Gasteiger partial charge in [0.15, 0.2) is 0 Å². The van der Waals surface area contributed by atoms with Gasteiger partial charge < -0.3 is 10.0 Å². The molecule has 0 aromatic rings. The molecule has 0 spiro atoms. The van der Waals surface area contributed by atoms with E-state index in [1.807, 2.05) is 11.8 Å². The molecule has 1 atom stereocenters. The number of halogens is 3. The van der Waals surface area contributed by atoms with Crippen LogP contribution in [0.5, 0.6) is 0 Å². The number of aliphatic hydroxyl groups is 1. The highest BCUT2D eigenvalue weighted by Crippen LogP contribution is 2.28. The molecule has 0 radical (unpaired) electrons. The molecule has 1 rings (SSSR count). The third-order valence-electron chi connectivity index (χ3n) is 3.44. The van der Waals surface area contributed by atoms with Gasteiger partial charge in [0.2, 0.25) is 5.91 Å². The van der Waals surface area contributed by atoms with Crippen molar-refractivity contribution in [3.8, 4) is 0 Å². The van der Waals surface area contributed by atoms with Gasteiger partial charge in [0.25, 0.3) is 0 Å². The summed E-state index contributed by atoms with van der Waals surface area (Å²) in [5.74, 6) is -0.542. The molecule has 0 bridgehead atoms. The summed E-state index contributed by atoms with van der Waals surface area (Å²) in [6, 6.07) is 0. The van der Waals surface area contributed by atoms with Crippen molar-refractivity contribution in [1.82, 2.24) is 9.80 Å². The van der Waals surface area contributed by atoms with E-state index in [-0.39, 0.29) is 18.6 Å². The minimum absolute atomic E-state index is 0.0239. The number of amides is 1. The van der Waals surface area contributed by atoms with Crippen molar-refractivity contribution in [3.05, 3.63) is 0 Å². The summed E-state index contributed by atoms with van der Waals surface area (Å²) >= 11 is 0. The van der Waals surface area contributed by atoms with Crippen LogP contribution < -0.4 is 0 Å². The molecule has 4 nitrogen and oxygen atoms in total. The normalized spacial score (nSPS) is 25.4. The van der Waals surface area contributed by atoms with Crippen LogP contribution in [0.4, 0.5) is 13.2 Å². The maximum absolute atomic E-state index is 12.2. The number of alkyl halides is 3. The zero-order valence-corrected chi connectivity index (χ0v) is 11.3. The van der Waals surface area contributed by atoms with Crippen molar-refractivity contribution < 1.29 is 23.1 Å². The second-order valence-electron chi connectivity index (χ2n) is 5.65. The van der Waals surface area contributed by atoms with Gasteiger partial charge >= 0.3 is 6.18 Å². The van der Waals surface area contributed by atoms with Crippen LogP contribution in [0.3, 0.4) is 0 Å². The van der Waals surface area contributed by atoms with Gasteiger partial charge in [0, 0.05) is 25.6 Å². The molecule has 0 aliphatic carbocycles. The molecule has 1 amide bonds. The van der Waals surface area contributed by atoms with Crippen LogP contribution in [0, 0.1) is 5.41 Å². The number of hydrogen-bond acceptors (Lipinski definition) is 3. The first kappa shape index (κ1) is 16.2. The predicted molar refractivity (Wildman–Crippen MR) is 64.6 cm³/mol. The van der Waals surface area contributed by atoms with Gasteiger partial charge in [-0.05, 0) is 19.4 Å². The molecule has 1 saturated heterocycles. The smallest absolute Gasteiger partial charge is 0.396 e. The van der Waals surface area contributed by atoms with Gasteiger partial charge in [-0.25, -0.2) is 0 Å². The molecular weight excluding hydrogens is 261 g/mol. The van der Waals surface area contributed by atoms with Crippen LogP contribution in [-0.2, 0) is 4.79 Å². The van der Waals surface area contributed by atoms with E-state index in [9.17, 15) is 23.1 Å². The maximum Gasteiger partial charge on any atom is 0.406 e. The van der Waals surface area contributed by atoms with Crippen LogP contribution in [-0.4, -0.2) is 66.8 Å². The molecule has 0 aromatic carbocycles. The average Bonchev–Trinajstić information content (AvgIpc) is 2.27. The van der Waals surface area contributed by atoms with E-state index < -0.39 is 18.6 Å². The van der Waals surface area contributed by atoms with E-state index in [2.05, 4.69) is 0 Å². The third kappa shape index (κ3) is 5.36. The topological polar surface area (TPSA) is 43.8 Å². The zero-order chi connectivity index (χ0) is 14.7. The number of rotatable bonds is 4. The first-order valence-corrected chi connectivity index (χ1v) is 6.29. The Morgan fingerprint density at radius 3 is 2.63 bits per heavy atom. The Labute approximate surface area is 111 Å². The van der Waals surface area contributed by atoms with E-state index in [0.29, 0.717) is 18.0 Å². The third-order valence-corrected chi connectivity index (χ3v) is 3.44. The summed E-state index contributed by atoms with van der Waals surface area (Å²) < 4.78 is 36.5. The van der Waals surface area contributed by atoms with Gasteiger partial charge in [0.1, 0.15) is 6.54 Å². The summed E-state index contributed by atoms with van der Waals surface area (Å²) in [5, 5.41) is 9.29. The Hall–Kier alpha value is -0.820. The van der Waals surface area contributed by atoms with E-state index in [1.54, 1.807) is 0 Å². The quantitative estimate of drug-likeness (QED) is 0.840. The summed E-state index contributed by atoms with van der Waals surface area (Å²) in [4.78, 5) is 14.2. The predicted octanol–water partition coefficient (Wildman–Crippen LogP) is 1.10. The first-order valence-electron chi connectivity index (χ1n) is 6.29. The lowest BCUT2D eigenvalue weighted by molar-refractivity contribution is -0.159. The molecule has 1 heterocycles. The van der Waals surface area contributed by atoms with Crippen molar-refractivity contribution in [2.24, 2.45) is 5.41 Å². The van der Waals surface area contributed by atoms with Crippen LogP contribution in [0.1, 0.15) is 19.8 Å². The number of likely N-dealkylation sites (tertiary alicyclic amines) is 1. The molecule has 0 saturated carbocycles. The Balaban J connectivity index is 2.48. The molecule has 7 heteroatoms. The van der Waals surface area contributed by atoms with Crippen molar-refractivity contribution in [1.29, 1.82) is 0 Å². The molecule has 112 valence electrons. The lowest BCUT2D eigenvalue weighted by Gasteiger charge is -2.39. The SMILES string of the molecule is CN(CC(F)(F)F)C(=O)CN1CCCC(C)(CO)C1. The number of hydrogen-bond donors (Lipinski definition) is 1. The minimum atomic E-state index is -4.37. The molecule has 1 aliphatic rings. The highest BCUT2D eigenvalue weighted by molar-refractivity contribution is 5.78. The lowest BCUT2D eigenvalue weighted by Crippen LogP contribution is -2.48. The van der Waals surface area contributed by atoms with Gasteiger partial charge in [-0.3, -0.25) is 9.69 Å². The monoisotopic (exact) mass is 282 g/mol. The van der Waals surface area contributed by atoms with E-state index >= 15 is 0 Å². The summed E-state index contributed by atoms with van der Waals surface area (Å²) in [7, 11) is 1.16. The van der Waals surface area contributed by atoms with Crippen molar-refractivity contribution in [2.75, 3.05) is 39.8 Å². The Kier molecular flexibility index (Phi) is 5.20. The van der Waals surface area contributed by atoms with Crippen molar-refractivity contribution in [3.63, 3.8) is 0 Å². The van der Waals surface area contributed by atoms with Crippen LogP contribution in [0.25, 0.3) is 0 Å². The van der Waals surface area contributed by atoms with Crippen molar-refractivity contribution >= 4 is 5.91 Å². The molecule has 1 aliphatic heterocycles. The second-order valence-corrected chi connectivity index (χ2v) is 5.65. The zero-order valence-electron chi connectivity index (χ0n) is 11.3. The second kappa shape index (κ2) is 6.09. The molecule has 19 heavy (non-hydrogen) atoms. The fraction of sp³-hybridized carbons (Fsp3) is 0.917. The van der Waals surface area contributed by atoms with Crippen LogP contribution >= 0.6 is 0 Å². The first-order chi connectivity index (χ1) is 8.65. The number of carbonyl (C=O) groups excluding carboxylic acids is 1. The van der Waals surface area contributed by atoms with Crippen LogP contribution in [0.15, 0.2) is 0 Å². The molecule has 1 N–H and O–H groups in total. The number of aliphatic hydroxyl groups excluding tert-OH is 1. The lowest BCUT2D eigenvalue weighted by atomic mass is 9.83. The fourth-order valence-electron chi connectivity index (χ4n) is 2.36. The van der Waals surface area contributed by atoms with E-state index in [0.717, 1.165) is 19.9 Å². The Bertz CT molecular complexity index is 323. The molecular formula is C12H21F3N2O2. The maximum atomic E-state index is 12.2. The highest BCUT2D eigenvalue weighted by Gasteiger charge is 2.34. The van der Waals surface area contributed by atoms with Crippen LogP contribution in [0.2, 0.25) is 0 Å². The number of piperidine rings is 1. The van der Waals surface area contributed by atoms with E-state index in [4.69, 9.17) is 0 Å². The van der Waals surface area contributed by atoms with Gasteiger partial charge in [-0.15, -0.1) is 0 Å². The summed E-state index contributed by atoms with van der Waals surface area (Å²) in [6.45, 7) is 1.91. The summed E-state index contributed by atoms with van der Waals surface area (Å²) in [5.41, 5.74) is -0.263. The highest BCUT2D eigenvalue weighted by atomic mass is 19.4. The standard InChI is InChI=1S/C12H21F3N2O2/c1-11(9-18)4-3-5-17(7-11)6-10(19)16(2)8-12(13,14)15/h18H,3-9H2,1-2H3. The Morgan fingerprint density at radius 2 is 2.11 bits per heavy atom. The number of nitrogens with zero attached hydrogens (tertiary/aromatic N) is 2. The largest absolute Gasteiger partial charge is 0.406 e. The van der Waals surface area contributed by atoms with E-state index in [1.165, 1.54) is 0 Å². The molecule has 0 aromatic heterocycles. The average molecular weight is 282 g/mol. The van der Waals surface area contributed by atoms with Gasteiger partial charge in [-0.1, -0.05) is 6.92 Å². The van der Waals surface area contributed by atoms with Crippen molar-refractivity contribution in [2.45, 2.75) is 25.9 Å². The summed E-state index contributed by atoms with van der Waals surface area (Å²) in [6.07, 6.45) is -2.66. The molecule has 1 unspecified atom stereocenters. The van der Waals surface area contributed by atoms with Gasteiger partial charge in [-0.2, -0.15) is 13.2 Å². The molecule has 1 fully saturated rings. The Morgan fingerprint density at radius 1 is 1.47 bits per heavy atom. The van der Waals surface area contributed by atoms with Gasteiger partial charge in [0.05, 0.1) is 6.54 Å².